The third kappa shape index (κ3) is 7.92. The molecule has 1 saturated heterocycles. The Balaban J connectivity index is 1.14. The van der Waals surface area contributed by atoms with Gasteiger partial charge in [-0.25, -0.2) is 19.3 Å². The van der Waals surface area contributed by atoms with Crippen LogP contribution in [0.25, 0.3) is 16.5 Å². The quantitative estimate of drug-likeness (QED) is 0.156. The molecule has 0 spiro atoms. The topological polar surface area (TPSA) is 129 Å². The molecule has 1 aliphatic rings. The Labute approximate surface area is 279 Å². The Kier molecular flexibility index (Phi) is 9.58. The Bertz CT molecular complexity index is 1910. The minimum atomic E-state index is -0.542. The summed E-state index contributed by atoms with van der Waals surface area (Å²) in [6, 6.07) is 24.5. The Hall–Kier alpha value is -5.42. The van der Waals surface area contributed by atoms with E-state index >= 15 is 0 Å². The number of nitrogens with zero attached hydrogens (tertiary/aromatic N) is 3. The number of aryl methyl sites for hydroxylation is 1. The summed E-state index contributed by atoms with van der Waals surface area (Å²) in [5.74, 6) is 1.59. The highest BCUT2D eigenvalue weighted by atomic mass is 16.6. The fourth-order valence-electron chi connectivity index (χ4n) is 5.37. The summed E-state index contributed by atoms with van der Waals surface area (Å²) in [5.41, 5.74) is 4.09. The first kappa shape index (κ1) is 32.5. The lowest BCUT2D eigenvalue weighted by Crippen LogP contribution is -2.28. The smallest absolute Gasteiger partial charge is 0.413 e. The van der Waals surface area contributed by atoms with Gasteiger partial charge in [0.25, 0.3) is 0 Å². The number of ether oxygens (including phenoxy) is 3. The van der Waals surface area contributed by atoms with E-state index in [1.54, 1.807) is 16.9 Å². The summed E-state index contributed by atoms with van der Waals surface area (Å²) in [6.45, 7) is 9.70. The van der Waals surface area contributed by atoms with E-state index in [-0.39, 0.29) is 18.1 Å². The third-order valence-electron chi connectivity index (χ3n) is 8.02. The fourth-order valence-corrected chi connectivity index (χ4v) is 5.37. The molecule has 3 N–H and O–H groups in total. The molecule has 0 unspecified atom stereocenters. The molecule has 0 saturated carbocycles. The molecule has 11 nitrogen and oxygen atoms in total. The predicted octanol–water partition coefficient (Wildman–Crippen LogP) is 7.98. The van der Waals surface area contributed by atoms with E-state index in [1.165, 1.54) is 0 Å². The number of rotatable bonds is 8. The van der Waals surface area contributed by atoms with E-state index in [1.807, 2.05) is 79.7 Å². The summed E-state index contributed by atoms with van der Waals surface area (Å²) in [6.07, 6.45) is 2.27. The first-order chi connectivity index (χ1) is 23.1. The number of nitrogens with one attached hydrogen (secondary N) is 3. The van der Waals surface area contributed by atoms with Gasteiger partial charge in [0.2, 0.25) is 0 Å². The van der Waals surface area contributed by atoms with Gasteiger partial charge in [0, 0.05) is 41.3 Å². The van der Waals surface area contributed by atoms with Crippen LogP contribution in [0, 0.1) is 6.92 Å². The van der Waals surface area contributed by atoms with E-state index < -0.39 is 12.1 Å². The summed E-state index contributed by atoms with van der Waals surface area (Å²) >= 11 is 0. The molecule has 248 valence electrons. The second-order valence-corrected chi connectivity index (χ2v) is 12.8. The average molecular weight is 649 g/mol. The molecule has 1 aliphatic heterocycles. The zero-order valence-corrected chi connectivity index (χ0v) is 27.6. The van der Waals surface area contributed by atoms with Gasteiger partial charge in [-0.2, -0.15) is 5.10 Å². The van der Waals surface area contributed by atoms with Crippen LogP contribution in [-0.2, 0) is 21.5 Å². The summed E-state index contributed by atoms with van der Waals surface area (Å²) < 4.78 is 18.8. The van der Waals surface area contributed by atoms with Crippen molar-refractivity contribution in [2.24, 2.45) is 0 Å². The van der Waals surface area contributed by atoms with Crippen LogP contribution < -0.4 is 20.7 Å². The number of amides is 3. The van der Waals surface area contributed by atoms with Crippen molar-refractivity contribution >= 4 is 40.2 Å². The van der Waals surface area contributed by atoms with Crippen LogP contribution >= 0.6 is 0 Å². The monoisotopic (exact) mass is 648 g/mol. The van der Waals surface area contributed by atoms with Crippen molar-refractivity contribution in [3.05, 3.63) is 102 Å². The Morgan fingerprint density at radius 3 is 2.42 bits per heavy atom. The molecular weight excluding hydrogens is 608 g/mol. The zero-order chi connectivity index (χ0) is 33.7. The van der Waals surface area contributed by atoms with E-state index in [4.69, 9.17) is 19.3 Å². The maximum atomic E-state index is 13.4. The Morgan fingerprint density at radius 2 is 1.67 bits per heavy atom. The van der Waals surface area contributed by atoms with Crippen LogP contribution in [0.1, 0.15) is 50.4 Å². The van der Waals surface area contributed by atoms with E-state index in [9.17, 15) is 9.59 Å². The van der Waals surface area contributed by atoms with Crippen LogP contribution in [0.4, 0.5) is 26.9 Å². The molecule has 6 rings (SSSR count). The van der Waals surface area contributed by atoms with Crippen LogP contribution in [0.3, 0.4) is 0 Å². The molecule has 2 aromatic heterocycles. The van der Waals surface area contributed by atoms with Crippen molar-refractivity contribution in [2.75, 3.05) is 29.2 Å². The molecule has 0 radical (unpaired) electrons. The second kappa shape index (κ2) is 14.1. The van der Waals surface area contributed by atoms with Crippen molar-refractivity contribution in [1.82, 2.24) is 14.8 Å². The number of anilines is 3. The first-order valence-corrected chi connectivity index (χ1v) is 16.0. The van der Waals surface area contributed by atoms with Crippen molar-refractivity contribution < 1.29 is 23.8 Å². The van der Waals surface area contributed by atoms with Crippen LogP contribution in [0.15, 0.2) is 85.1 Å². The van der Waals surface area contributed by atoms with Gasteiger partial charge in [-0.3, -0.25) is 10.6 Å². The van der Waals surface area contributed by atoms with Crippen molar-refractivity contribution in [3.8, 4) is 11.4 Å². The number of fused-ring (bicyclic) bond motifs is 1. The zero-order valence-electron chi connectivity index (χ0n) is 27.6. The second-order valence-electron chi connectivity index (χ2n) is 12.8. The molecule has 3 heterocycles. The molecule has 0 atom stereocenters. The van der Waals surface area contributed by atoms with Crippen LogP contribution in [0.2, 0.25) is 0 Å². The number of hydrogen-bond donors (Lipinski definition) is 3. The molecule has 1 fully saturated rings. The van der Waals surface area contributed by atoms with Crippen molar-refractivity contribution in [3.63, 3.8) is 0 Å². The summed E-state index contributed by atoms with van der Waals surface area (Å²) in [4.78, 5) is 30.0. The average Bonchev–Trinajstić information content (AvgIpc) is 3.49. The lowest BCUT2D eigenvalue weighted by atomic mass is 9.92. The molecule has 3 amide bonds. The van der Waals surface area contributed by atoms with Gasteiger partial charge in [0.1, 0.15) is 30.1 Å². The lowest BCUT2D eigenvalue weighted by Gasteiger charge is -2.22. The maximum absolute atomic E-state index is 13.4. The van der Waals surface area contributed by atoms with E-state index in [0.29, 0.717) is 49.1 Å². The maximum Gasteiger partial charge on any atom is 0.413 e. The van der Waals surface area contributed by atoms with E-state index in [0.717, 1.165) is 33.3 Å². The van der Waals surface area contributed by atoms with Gasteiger partial charge in [0.05, 0.1) is 30.3 Å². The van der Waals surface area contributed by atoms with Crippen molar-refractivity contribution in [1.29, 1.82) is 0 Å². The van der Waals surface area contributed by atoms with Gasteiger partial charge in [-0.15, -0.1) is 0 Å². The van der Waals surface area contributed by atoms with Gasteiger partial charge in [-0.1, -0.05) is 62.7 Å². The van der Waals surface area contributed by atoms with Gasteiger partial charge < -0.3 is 19.5 Å². The fraction of sp³-hybridized carbons (Fsp3) is 0.297. The largest absolute Gasteiger partial charge is 0.488 e. The van der Waals surface area contributed by atoms with E-state index in [2.05, 4.69) is 41.7 Å². The van der Waals surface area contributed by atoms with Gasteiger partial charge in [0.15, 0.2) is 0 Å². The van der Waals surface area contributed by atoms with Gasteiger partial charge in [-0.05, 0) is 48.9 Å². The SMILES string of the molecule is Cc1ccc(-n2nc(C(C)(C)C)cc2NC(=O)Nc2ccc(OCc3ccnc(NC(=O)OC4CCOCC4)c3)c3ccccc23)cc1. The number of pyridine rings is 1. The number of carbonyl (C=O) groups is 2. The lowest BCUT2D eigenvalue weighted by molar-refractivity contribution is 0.00589. The minimum absolute atomic E-state index is 0.161. The van der Waals surface area contributed by atoms with Crippen LogP contribution in [0.5, 0.6) is 5.75 Å². The molecular formula is C37H40N6O5. The molecule has 0 aliphatic carbocycles. The predicted molar refractivity (Wildman–Crippen MR) is 186 cm³/mol. The first-order valence-electron chi connectivity index (χ1n) is 16.0. The molecule has 11 heteroatoms. The standard InChI is InChI=1S/C37H40N6O5/c1-24-9-11-26(12-10-24)43-34(22-32(42-43)37(2,3)4)41-35(44)39-30-13-14-31(29-8-6-5-7-28(29)30)47-23-25-15-18-38-33(21-25)40-36(45)48-27-16-19-46-20-17-27/h5-15,18,21-22,27H,16-17,19-20,23H2,1-4H3,(H,38,40,45)(H2,39,41,44). The molecule has 0 bridgehead atoms. The molecule has 3 aromatic carbocycles. The van der Waals surface area contributed by atoms with Crippen LogP contribution in [-0.4, -0.2) is 46.2 Å². The number of carbonyl (C=O) groups excluding carboxylic acids is 2. The highest BCUT2D eigenvalue weighted by Crippen LogP contribution is 2.33. The Morgan fingerprint density at radius 1 is 0.917 bits per heavy atom. The number of aromatic nitrogens is 3. The normalized spacial score (nSPS) is 13.6. The van der Waals surface area contributed by atoms with Gasteiger partial charge >= 0.3 is 12.1 Å². The van der Waals surface area contributed by atoms with Crippen molar-refractivity contribution in [2.45, 2.75) is 58.7 Å². The molecule has 48 heavy (non-hydrogen) atoms. The highest BCUT2D eigenvalue weighted by molar-refractivity contribution is 6.07. The third-order valence-corrected chi connectivity index (χ3v) is 8.02. The highest BCUT2D eigenvalue weighted by Gasteiger charge is 2.22. The number of hydrogen-bond acceptors (Lipinski definition) is 7. The number of urea groups is 1. The number of benzene rings is 3. The minimum Gasteiger partial charge on any atom is -0.488 e. The summed E-state index contributed by atoms with van der Waals surface area (Å²) in [7, 11) is 0. The molecule has 5 aromatic rings. The summed E-state index contributed by atoms with van der Waals surface area (Å²) in [5, 5.41) is 15.2.